The first kappa shape index (κ1) is 18.9. The maximum Gasteiger partial charge on any atom is 0.227 e. The van der Waals surface area contributed by atoms with Gasteiger partial charge >= 0.3 is 0 Å². The smallest absolute Gasteiger partial charge is 0.227 e. The topological polar surface area (TPSA) is 69.7 Å². The van der Waals surface area contributed by atoms with E-state index < -0.39 is 10.0 Å². The first-order chi connectivity index (χ1) is 12.9. The predicted molar refractivity (Wildman–Crippen MR) is 105 cm³/mol. The van der Waals surface area contributed by atoms with Gasteiger partial charge in [0.25, 0.3) is 0 Å². The molecule has 3 saturated heterocycles. The molecule has 1 aromatic rings. The number of fused-ring (bicyclic) bond motifs is 1. The van der Waals surface area contributed by atoms with Gasteiger partial charge in [0.15, 0.2) is 0 Å². The highest BCUT2D eigenvalue weighted by atomic mass is 32.2. The highest BCUT2D eigenvalue weighted by Gasteiger charge is 2.48. The summed E-state index contributed by atoms with van der Waals surface area (Å²) < 4.78 is 25.5. The molecule has 3 atom stereocenters. The summed E-state index contributed by atoms with van der Waals surface area (Å²) in [5.74, 6) is 0.334. The molecule has 148 valence electrons. The Kier molecular flexibility index (Phi) is 5.27. The standard InChI is InChI=1S/C20H29N3O3S/c1-27(25,26)21-16-9-12-22(13-10-16)20(24)17-14-19(15-6-3-2-4-7-15)23-11-5-8-18(17)23/h2-4,6-7,16-19,21H,5,8-14H2,1H3/t17-,18+,19-/m0/s1. The third-order valence-electron chi connectivity index (χ3n) is 6.37. The molecule has 0 aromatic heterocycles. The fourth-order valence-electron chi connectivity index (χ4n) is 5.19. The highest BCUT2D eigenvalue weighted by Crippen LogP contribution is 2.45. The van der Waals surface area contributed by atoms with Crippen molar-refractivity contribution in [2.24, 2.45) is 5.92 Å². The Labute approximate surface area is 162 Å². The number of piperidine rings is 1. The normalized spacial score (nSPS) is 29.8. The molecule has 0 spiro atoms. The van der Waals surface area contributed by atoms with E-state index in [0.717, 1.165) is 25.8 Å². The van der Waals surface area contributed by atoms with Crippen molar-refractivity contribution in [3.05, 3.63) is 35.9 Å². The molecule has 6 nitrogen and oxygen atoms in total. The number of rotatable bonds is 4. The maximum atomic E-state index is 13.3. The molecule has 1 N–H and O–H groups in total. The fraction of sp³-hybridized carbons (Fsp3) is 0.650. The Hall–Kier alpha value is -1.44. The lowest BCUT2D eigenvalue weighted by molar-refractivity contribution is -0.137. The number of amides is 1. The predicted octanol–water partition coefficient (Wildman–Crippen LogP) is 1.75. The van der Waals surface area contributed by atoms with Crippen molar-refractivity contribution < 1.29 is 13.2 Å². The molecule has 1 aromatic carbocycles. The number of nitrogens with one attached hydrogen (secondary N) is 1. The second kappa shape index (κ2) is 7.53. The van der Waals surface area contributed by atoms with Crippen molar-refractivity contribution in [3.63, 3.8) is 0 Å². The van der Waals surface area contributed by atoms with Crippen LogP contribution in [0.25, 0.3) is 0 Å². The molecule has 0 aliphatic carbocycles. The van der Waals surface area contributed by atoms with Crippen molar-refractivity contribution in [2.75, 3.05) is 25.9 Å². The minimum Gasteiger partial charge on any atom is -0.342 e. The van der Waals surface area contributed by atoms with Gasteiger partial charge in [-0.05, 0) is 44.2 Å². The molecule has 27 heavy (non-hydrogen) atoms. The Balaban J connectivity index is 1.42. The van der Waals surface area contributed by atoms with Crippen LogP contribution in [0.15, 0.2) is 30.3 Å². The van der Waals surface area contributed by atoms with E-state index >= 15 is 0 Å². The maximum absolute atomic E-state index is 13.3. The molecule has 0 radical (unpaired) electrons. The number of likely N-dealkylation sites (tertiary alicyclic amines) is 1. The molecule has 3 heterocycles. The lowest BCUT2D eigenvalue weighted by Gasteiger charge is -2.34. The summed E-state index contributed by atoms with van der Waals surface area (Å²) in [7, 11) is -3.19. The molecule has 3 aliphatic heterocycles. The van der Waals surface area contributed by atoms with Crippen molar-refractivity contribution in [3.8, 4) is 0 Å². The fourth-order valence-corrected chi connectivity index (χ4v) is 6.03. The van der Waals surface area contributed by atoms with Crippen LogP contribution in [0.1, 0.15) is 43.7 Å². The summed E-state index contributed by atoms with van der Waals surface area (Å²) >= 11 is 0. The van der Waals surface area contributed by atoms with Gasteiger partial charge in [-0.1, -0.05) is 30.3 Å². The van der Waals surface area contributed by atoms with Gasteiger partial charge in [-0.2, -0.15) is 0 Å². The van der Waals surface area contributed by atoms with Crippen LogP contribution in [-0.2, 0) is 14.8 Å². The van der Waals surface area contributed by atoms with Gasteiger partial charge in [0.05, 0.1) is 12.2 Å². The van der Waals surface area contributed by atoms with Gasteiger partial charge in [0, 0.05) is 31.2 Å². The second-order valence-electron chi connectivity index (χ2n) is 8.21. The number of nitrogens with zero attached hydrogens (tertiary/aromatic N) is 2. The minimum atomic E-state index is -3.19. The molecule has 0 saturated carbocycles. The zero-order valence-electron chi connectivity index (χ0n) is 15.9. The monoisotopic (exact) mass is 391 g/mol. The lowest BCUT2D eigenvalue weighted by Crippen LogP contribution is -2.49. The van der Waals surface area contributed by atoms with E-state index in [0.29, 0.717) is 38.0 Å². The van der Waals surface area contributed by atoms with Crippen LogP contribution in [0.4, 0.5) is 0 Å². The SMILES string of the molecule is CS(=O)(=O)NC1CCN(C(=O)[C@H]2C[C@@H](c3ccccc3)N3CCC[C@H]23)CC1. The first-order valence-electron chi connectivity index (χ1n) is 9.99. The van der Waals surface area contributed by atoms with E-state index in [1.807, 2.05) is 11.0 Å². The van der Waals surface area contributed by atoms with E-state index in [-0.39, 0.29) is 17.9 Å². The molecule has 4 rings (SSSR count). The summed E-state index contributed by atoms with van der Waals surface area (Å²) in [6.07, 6.45) is 5.75. The van der Waals surface area contributed by atoms with Crippen LogP contribution in [0.2, 0.25) is 0 Å². The van der Waals surface area contributed by atoms with Crippen LogP contribution in [0, 0.1) is 5.92 Å². The second-order valence-corrected chi connectivity index (χ2v) is 9.99. The summed E-state index contributed by atoms with van der Waals surface area (Å²) in [5, 5.41) is 0. The summed E-state index contributed by atoms with van der Waals surface area (Å²) in [6.45, 7) is 2.37. The van der Waals surface area contributed by atoms with E-state index in [1.165, 1.54) is 11.8 Å². The Morgan fingerprint density at radius 3 is 2.44 bits per heavy atom. The number of hydrogen-bond acceptors (Lipinski definition) is 4. The van der Waals surface area contributed by atoms with Crippen LogP contribution < -0.4 is 4.72 Å². The van der Waals surface area contributed by atoms with Gasteiger partial charge in [0.1, 0.15) is 0 Å². The lowest BCUT2D eigenvalue weighted by atomic mass is 9.92. The number of carbonyl (C=O) groups is 1. The van der Waals surface area contributed by atoms with Gasteiger partial charge in [-0.25, -0.2) is 13.1 Å². The van der Waals surface area contributed by atoms with Crippen molar-refractivity contribution in [1.82, 2.24) is 14.5 Å². The third-order valence-corrected chi connectivity index (χ3v) is 7.13. The number of benzene rings is 1. The highest BCUT2D eigenvalue weighted by molar-refractivity contribution is 7.88. The average molecular weight is 392 g/mol. The van der Waals surface area contributed by atoms with Gasteiger partial charge in [0.2, 0.25) is 15.9 Å². The molecule has 3 aliphatic rings. The van der Waals surface area contributed by atoms with Gasteiger partial charge in [-0.15, -0.1) is 0 Å². The number of hydrogen-bond donors (Lipinski definition) is 1. The van der Waals surface area contributed by atoms with Crippen LogP contribution in [0.3, 0.4) is 0 Å². The Morgan fingerprint density at radius 2 is 1.78 bits per heavy atom. The summed E-state index contributed by atoms with van der Waals surface area (Å²) in [5.41, 5.74) is 1.32. The third kappa shape index (κ3) is 4.05. The van der Waals surface area contributed by atoms with Crippen LogP contribution >= 0.6 is 0 Å². The van der Waals surface area contributed by atoms with Gasteiger partial charge in [-0.3, -0.25) is 9.69 Å². The molecule has 1 amide bonds. The molecule has 3 fully saturated rings. The van der Waals surface area contributed by atoms with Gasteiger partial charge < -0.3 is 4.90 Å². The average Bonchev–Trinajstić information content (AvgIpc) is 3.24. The van der Waals surface area contributed by atoms with E-state index in [9.17, 15) is 13.2 Å². The van der Waals surface area contributed by atoms with Crippen LogP contribution in [-0.4, -0.2) is 62.1 Å². The summed E-state index contributed by atoms with van der Waals surface area (Å²) in [6, 6.07) is 11.2. The minimum absolute atomic E-state index is 0.0484. The zero-order chi connectivity index (χ0) is 19.0. The van der Waals surface area contributed by atoms with E-state index in [2.05, 4.69) is 33.9 Å². The Morgan fingerprint density at radius 1 is 1.07 bits per heavy atom. The number of sulfonamides is 1. The summed E-state index contributed by atoms with van der Waals surface area (Å²) in [4.78, 5) is 17.8. The Bertz CT molecular complexity index is 775. The van der Waals surface area contributed by atoms with E-state index in [1.54, 1.807) is 0 Å². The first-order valence-corrected chi connectivity index (χ1v) is 11.9. The van der Waals surface area contributed by atoms with Crippen molar-refractivity contribution in [1.29, 1.82) is 0 Å². The molecule has 0 bridgehead atoms. The quantitative estimate of drug-likeness (QED) is 0.849. The molecule has 0 unspecified atom stereocenters. The largest absolute Gasteiger partial charge is 0.342 e. The van der Waals surface area contributed by atoms with Crippen LogP contribution in [0.5, 0.6) is 0 Å². The molecule has 7 heteroatoms. The van der Waals surface area contributed by atoms with E-state index in [4.69, 9.17) is 0 Å². The zero-order valence-corrected chi connectivity index (χ0v) is 16.7. The van der Waals surface area contributed by atoms with Crippen molar-refractivity contribution >= 4 is 15.9 Å². The number of carbonyl (C=O) groups excluding carboxylic acids is 1. The molecular weight excluding hydrogens is 362 g/mol. The molecular formula is C20H29N3O3S. The van der Waals surface area contributed by atoms with Crippen molar-refractivity contribution in [2.45, 2.75) is 50.2 Å².